The number of carbonyl (C=O) groups excluding carboxylic acids is 1. The Balaban J connectivity index is 1.23. The number of rotatable bonds is 7. The Morgan fingerprint density at radius 3 is 2.73 bits per heavy atom. The fourth-order valence-electron chi connectivity index (χ4n) is 4.23. The molecule has 0 radical (unpaired) electrons. The highest BCUT2D eigenvalue weighted by molar-refractivity contribution is 6.04. The third kappa shape index (κ3) is 6.35. The summed E-state index contributed by atoms with van der Waals surface area (Å²) in [4.78, 5) is 30.0. The Labute approximate surface area is 221 Å². The number of likely N-dealkylation sites (N-methyl/N-ethyl adjacent to an activating group) is 1. The number of nitrogens with zero attached hydrogens (tertiary/aromatic N) is 5. The van der Waals surface area contributed by atoms with Crippen LogP contribution in [0, 0.1) is 6.92 Å². The van der Waals surface area contributed by atoms with E-state index in [0.717, 1.165) is 28.1 Å². The highest BCUT2D eigenvalue weighted by Gasteiger charge is 2.15. The van der Waals surface area contributed by atoms with Crippen LogP contribution in [-0.4, -0.2) is 63.8 Å². The molecular weight excluding hydrogens is 462 g/mol. The topological polar surface area (TPSA) is 86.3 Å². The highest BCUT2D eigenvalue weighted by Crippen LogP contribution is 2.25. The molecule has 2 N–H and O–H groups in total. The van der Waals surface area contributed by atoms with E-state index < -0.39 is 6.98 Å². The average Bonchev–Trinajstić information content (AvgIpc) is 2.95. The van der Waals surface area contributed by atoms with E-state index in [1.54, 1.807) is 24.7 Å². The Hall–Kier alpha value is -4.14. The molecule has 2 aromatic heterocycles. The zero-order valence-electron chi connectivity index (χ0n) is 23.7. The van der Waals surface area contributed by atoms with Crippen molar-refractivity contribution in [3.63, 3.8) is 0 Å². The van der Waals surface area contributed by atoms with Gasteiger partial charge in [0, 0.05) is 77.9 Å². The summed E-state index contributed by atoms with van der Waals surface area (Å²) in [6.45, 7) is 2.92. The molecule has 0 spiro atoms. The van der Waals surface area contributed by atoms with Crippen molar-refractivity contribution in [3.05, 3.63) is 95.9 Å². The molecular formula is C29H31N7O. The van der Waals surface area contributed by atoms with E-state index in [0.29, 0.717) is 49.9 Å². The number of anilines is 3. The monoisotopic (exact) mass is 496 g/mol. The Kier molecular flexibility index (Phi) is 6.40. The van der Waals surface area contributed by atoms with Gasteiger partial charge in [0.2, 0.25) is 5.95 Å². The van der Waals surface area contributed by atoms with Crippen molar-refractivity contribution >= 4 is 23.2 Å². The molecule has 8 nitrogen and oxygen atoms in total. The normalized spacial score (nSPS) is 15.9. The van der Waals surface area contributed by atoms with E-state index in [-0.39, 0.29) is 5.91 Å². The maximum absolute atomic E-state index is 13.1. The summed E-state index contributed by atoms with van der Waals surface area (Å²) >= 11 is 0. The van der Waals surface area contributed by atoms with Crippen LogP contribution in [0.15, 0.2) is 79.3 Å². The fraction of sp³-hybridized carbons (Fsp3) is 0.241. The molecule has 1 amide bonds. The van der Waals surface area contributed by atoms with Gasteiger partial charge in [-0.1, -0.05) is 18.2 Å². The van der Waals surface area contributed by atoms with Crippen LogP contribution in [0.5, 0.6) is 0 Å². The molecule has 0 aliphatic carbocycles. The molecule has 3 heterocycles. The summed E-state index contributed by atoms with van der Waals surface area (Å²) in [7, 11) is 0. The lowest BCUT2D eigenvalue weighted by atomic mass is 10.1. The third-order valence-electron chi connectivity index (χ3n) is 6.32. The predicted molar refractivity (Wildman–Crippen MR) is 147 cm³/mol. The molecule has 188 valence electrons. The Bertz CT molecular complexity index is 1470. The van der Waals surface area contributed by atoms with Gasteiger partial charge in [0.25, 0.3) is 5.91 Å². The van der Waals surface area contributed by atoms with Gasteiger partial charge in [0.15, 0.2) is 0 Å². The van der Waals surface area contributed by atoms with Crippen LogP contribution in [-0.2, 0) is 6.54 Å². The predicted octanol–water partition coefficient (Wildman–Crippen LogP) is 4.59. The molecule has 4 aromatic rings. The number of aromatic nitrogens is 3. The maximum atomic E-state index is 13.1. The number of benzene rings is 2. The van der Waals surface area contributed by atoms with Gasteiger partial charge in [-0.3, -0.25) is 14.7 Å². The van der Waals surface area contributed by atoms with Crippen LogP contribution in [0.3, 0.4) is 0 Å². The maximum Gasteiger partial charge on any atom is 0.255 e. The molecule has 0 saturated carbocycles. The van der Waals surface area contributed by atoms with Crippen LogP contribution < -0.4 is 10.6 Å². The van der Waals surface area contributed by atoms with Gasteiger partial charge < -0.3 is 15.5 Å². The van der Waals surface area contributed by atoms with Crippen molar-refractivity contribution in [2.75, 3.05) is 43.8 Å². The lowest BCUT2D eigenvalue weighted by molar-refractivity contribution is 0.102. The molecule has 8 heteroatoms. The van der Waals surface area contributed by atoms with Crippen molar-refractivity contribution in [1.29, 1.82) is 0 Å². The molecule has 1 fully saturated rings. The van der Waals surface area contributed by atoms with Crippen LogP contribution in [0.25, 0.3) is 11.3 Å². The van der Waals surface area contributed by atoms with Crippen molar-refractivity contribution in [2.45, 2.75) is 13.5 Å². The standard InChI is InChI=1S/C29H31N7O/c1-21-8-9-25(18-27(21)34-29-31-12-10-26(33-29)24-7-4-11-30-19-24)32-28(37)23-6-3-5-22(17-23)20-36-15-13-35(2)14-16-36/h3-12,17-19H,13-16,20H2,1-2H3,(H,32,37)(H,31,33,34)/i2D3. The number of carbonyl (C=O) groups is 1. The first-order chi connectivity index (χ1) is 19.2. The summed E-state index contributed by atoms with van der Waals surface area (Å²) in [5.41, 5.74) is 5.62. The molecule has 0 unspecified atom stereocenters. The minimum Gasteiger partial charge on any atom is -0.324 e. The summed E-state index contributed by atoms with van der Waals surface area (Å²) < 4.78 is 22.8. The van der Waals surface area contributed by atoms with Gasteiger partial charge in [0.05, 0.1) is 5.69 Å². The molecule has 0 atom stereocenters. The zero-order chi connectivity index (χ0) is 28.1. The molecule has 2 aromatic carbocycles. The number of piperazine rings is 1. The van der Waals surface area contributed by atoms with Gasteiger partial charge >= 0.3 is 0 Å². The van der Waals surface area contributed by atoms with E-state index in [1.165, 1.54) is 4.90 Å². The Morgan fingerprint density at radius 2 is 1.92 bits per heavy atom. The molecule has 37 heavy (non-hydrogen) atoms. The number of aryl methyl sites for hydroxylation is 1. The van der Waals surface area contributed by atoms with E-state index in [4.69, 9.17) is 4.11 Å². The quantitative estimate of drug-likeness (QED) is 0.387. The second-order valence-corrected chi connectivity index (χ2v) is 9.08. The van der Waals surface area contributed by atoms with Crippen molar-refractivity contribution < 1.29 is 8.91 Å². The van der Waals surface area contributed by atoms with Gasteiger partial charge in [0.1, 0.15) is 0 Å². The van der Waals surface area contributed by atoms with Gasteiger partial charge in [-0.05, 0) is 67.5 Å². The third-order valence-corrected chi connectivity index (χ3v) is 6.32. The molecule has 1 aliphatic heterocycles. The highest BCUT2D eigenvalue weighted by atomic mass is 16.1. The minimum atomic E-state index is -2.05. The molecule has 0 bridgehead atoms. The van der Waals surface area contributed by atoms with Crippen molar-refractivity contribution in [1.82, 2.24) is 24.8 Å². The van der Waals surface area contributed by atoms with Crippen LogP contribution >= 0.6 is 0 Å². The van der Waals surface area contributed by atoms with E-state index >= 15 is 0 Å². The van der Waals surface area contributed by atoms with E-state index in [2.05, 4.69) is 30.5 Å². The van der Waals surface area contributed by atoms with Gasteiger partial charge in [-0.15, -0.1) is 0 Å². The van der Waals surface area contributed by atoms with Crippen molar-refractivity contribution in [2.24, 2.45) is 0 Å². The average molecular weight is 497 g/mol. The zero-order valence-corrected chi connectivity index (χ0v) is 20.7. The second kappa shape index (κ2) is 11.3. The molecule has 5 rings (SSSR count). The largest absolute Gasteiger partial charge is 0.324 e. The van der Waals surface area contributed by atoms with Crippen LogP contribution in [0.4, 0.5) is 17.3 Å². The first kappa shape index (κ1) is 21.0. The lowest BCUT2D eigenvalue weighted by Crippen LogP contribution is -2.43. The number of pyridine rings is 1. The first-order valence-electron chi connectivity index (χ1n) is 13.7. The number of amides is 1. The Morgan fingerprint density at radius 1 is 1.03 bits per heavy atom. The smallest absolute Gasteiger partial charge is 0.255 e. The van der Waals surface area contributed by atoms with Gasteiger partial charge in [-0.25, -0.2) is 9.97 Å². The summed E-state index contributed by atoms with van der Waals surface area (Å²) in [5.74, 6) is 0.235. The van der Waals surface area contributed by atoms with Crippen LogP contribution in [0.1, 0.15) is 25.6 Å². The number of nitrogens with one attached hydrogen (secondary N) is 2. The second-order valence-electron chi connectivity index (χ2n) is 9.08. The van der Waals surface area contributed by atoms with E-state index in [1.807, 2.05) is 61.5 Å². The molecule has 1 aliphatic rings. The SMILES string of the molecule is [2H]C([2H])([2H])N1CCN(Cc2cccc(C(=O)Nc3ccc(C)c(Nc4nccc(-c5cccnc5)n4)c3)c2)CC1. The number of hydrogen-bond donors (Lipinski definition) is 2. The fourth-order valence-corrected chi connectivity index (χ4v) is 4.23. The molecule has 1 saturated heterocycles. The van der Waals surface area contributed by atoms with Crippen LogP contribution in [0.2, 0.25) is 0 Å². The summed E-state index contributed by atoms with van der Waals surface area (Å²) in [6.07, 6.45) is 5.16. The summed E-state index contributed by atoms with van der Waals surface area (Å²) in [5, 5.41) is 6.26. The van der Waals surface area contributed by atoms with E-state index in [9.17, 15) is 4.79 Å². The van der Waals surface area contributed by atoms with Crippen molar-refractivity contribution in [3.8, 4) is 11.3 Å². The lowest BCUT2D eigenvalue weighted by Gasteiger charge is -2.32. The minimum absolute atomic E-state index is 0.210. The summed E-state index contributed by atoms with van der Waals surface area (Å²) in [6, 6.07) is 18.8. The number of hydrogen-bond acceptors (Lipinski definition) is 7. The van der Waals surface area contributed by atoms with Gasteiger partial charge in [-0.2, -0.15) is 0 Å². The first-order valence-corrected chi connectivity index (χ1v) is 12.2.